The molecule has 1 aromatic rings. The second-order valence-corrected chi connectivity index (χ2v) is 2.69. The number of rotatable bonds is 3. The van der Waals surface area contributed by atoms with Gasteiger partial charge < -0.3 is 5.23 Å². The van der Waals surface area contributed by atoms with Crippen LogP contribution < -0.4 is 5.23 Å². The zero-order valence-corrected chi connectivity index (χ0v) is 6.80. The van der Waals surface area contributed by atoms with Crippen molar-refractivity contribution in [2.75, 3.05) is 6.54 Å². The fourth-order valence-corrected chi connectivity index (χ4v) is 0.971. The lowest BCUT2D eigenvalue weighted by Gasteiger charge is -2.00. The summed E-state index contributed by atoms with van der Waals surface area (Å²) in [6, 6.07) is 8.50. The van der Waals surface area contributed by atoms with Crippen LogP contribution in [0, 0.1) is 6.92 Å². The highest BCUT2D eigenvalue weighted by atomic mass is 14.7. The fourth-order valence-electron chi connectivity index (χ4n) is 0.971. The van der Waals surface area contributed by atoms with Crippen molar-refractivity contribution in [3.05, 3.63) is 35.4 Å². The van der Waals surface area contributed by atoms with Crippen LogP contribution in [0.5, 0.6) is 0 Å². The van der Waals surface area contributed by atoms with Gasteiger partial charge in [-0.15, -0.1) is 0 Å². The molecule has 0 saturated heterocycles. The van der Waals surface area contributed by atoms with Crippen molar-refractivity contribution >= 4 is 7.98 Å². The Bertz CT molecular complexity index is 205. The van der Waals surface area contributed by atoms with Crippen LogP contribution in [0.25, 0.3) is 0 Å². The van der Waals surface area contributed by atoms with Gasteiger partial charge in [-0.05, 0) is 25.5 Å². The Morgan fingerprint density at radius 1 is 1.27 bits per heavy atom. The van der Waals surface area contributed by atoms with E-state index < -0.39 is 0 Å². The van der Waals surface area contributed by atoms with E-state index in [0.717, 1.165) is 13.0 Å². The molecule has 2 radical (unpaired) electrons. The third-order valence-corrected chi connectivity index (χ3v) is 1.68. The molecule has 1 aromatic carbocycles. The maximum atomic E-state index is 5.16. The number of aryl methyl sites for hydroxylation is 1. The van der Waals surface area contributed by atoms with Gasteiger partial charge in [0.2, 0.25) is 0 Å². The van der Waals surface area contributed by atoms with Gasteiger partial charge >= 0.3 is 0 Å². The molecule has 1 nitrogen and oxygen atoms in total. The van der Waals surface area contributed by atoms with E-state index >= 15 is 0 Å². The van der Waals surface area contributed by atoms with Crippen molar-refractivity contribution in [1.29, 1.82) is 0 Å². The summed E-state index contributed by atoms with van der Waals surface area (Å²) in [6.45, 7) is 2.92. The summed E-state index contributed by atoms with van der Waals surface area (Å²) in [5, 5.41) is 2.63. The molecule has 0 aliphatic rings. The van der Waals surface area contributed by atoms with Crippen molar-refractivity contribution in [3.8, 4) is 0 Å². The third-order valence-electron chi connectivity index (χ3n) is 1.68. The predicted octanol–water partition coefficient (Wildman–Crippen LogP) is 1.21. The monoisotopic (exact) mass is 145 g/mol. The Balaban J connectivity index is 2.52. The van der Waals surface area contributed by atoms with Gasteiger partial charge in [0.25, 0.3) is 0 Å². The van der Waals surface area contributed by atoms with Crippen molar-refractivity contribution in [3.63, 3.8) is 0 Å². The molecule has 0 saturated carbocycles. The highest BCUT2D eigenvalue weighted by Gasteiger charge is 1.89. The van der Waals surface area contributed by atoms with Crippen molar-refractivity contribution in [1.82, 2.24) is 5.23 Å². The van der Waals surface area contributed by atoms with Gasteiger partial charge in [0, 0.05) is 0 Å². The molecule has 0 bridgehead atoms. The van der Waals surface area contributed by atoms with Crippen molar-refractivity contribution in [2.24, 2.45) is 0 Å². The quantitative estimate of drug-likeness (QED) is 0.630. The first kappa shape index (κ1) is 8.34. The molecule has 0 heterocycles. The van der Waals surface area contributed by atoms with Crippen LogP contribution in [0.3, 0.4) is 0 Å². The van der Waals surface area contributed by atoms with E-state index in [1.807, 2.05) is 0 Å². The summed E-state index contributed by atoms with van der Waals surface area (Å²) < 4.78 is 0. The summed E-state index contributed by atoms with van der Waals surface area (Å²) in [5.74, 6) is 0. The fraction of sp³-hybridized carbons (Fsp3) is 0.333. The average molecular weight is 145 g/mol. The van der Waals surface area contributed by atoms with Gasteiger partial charge in [-0.3, -0.25) is 0 Å². The van der Waals surface area contributed by atoms with E-state index in [-0.39, 0.29) is 0 Å². The Labute approximate surface area is 69.3 Å². The highest BCUT2D eigenvalue weighted by molar-refractivity contribution is 6.04. The zero-order chi connectivity index (χ0) is 8.10. The molecule has 11 heavy (non-hydrogen) atoms. The molecule has 0 unspecified atom stereocenters. The molecule has 56 valence electrons. The summed E-state index contributed by atoms with van der Waals surface area (Å²) in [5.41, 5.74) is 2.63. The van der Waals surface area contributed by atoms with E-state index in [0.29, 0.717) is 0 Å². The topological polar surface area (TPSA) is 12.0 Å². The van der Waals surface area contributed by atoms with E-state index in [9.17, 15) is 0 Å². The first-order chi connectivity index (χ1) is 5.33. The SMILES string of the molecule is [B]NCCc1ccc(C)cc1. The minimum atomic E-state index is 0.836. The maximum Gasteiger partial charge on any atom is 0.177 e. The molecule has 0 amide bonds. The van der Waals surface area contributed by atoms with Crippen LogP contribution >= 0.6 is 0 Å². The van der Waals surface area contributed by atoms with E-state index in [1.54, 1.807) is 0 Å². The van der Waals surface area contributed by atoms with E-state index in [2.05, 4.69) is 36.4 Å². The Morgan fingerprint density at radius 2 is 1.91 bits per heavy atom. The van der Waals surface area contributed by atoms with Gasteiger partial charge in [-0.1, -0.05) is 29.8 Å². The van der Waals surface area contributed by atoms with Crippen molar-refractivity contribution in [2.45, 2.75) is 13.3 Å². The standard InChI is InChI=1S/C9H12BN/c1-8-2-4-9(5-3-8)6-7-11-10/h2-5,11H,6-7H2,1H3. The molecule has 0 atom stereocenters. The number of nitrogens with one attached hydrogen (secondary N) is 1. The molecule has 0 fully saturated rings. The molecule has 2 heteroatoms. The molecular weight excluding hydrogens is 133 g/mol. The lowest BCUT2D eigenvalue weighted by Crippen LogP contribution is -2.12. The first-order valence-corrected chi connectivity index (χ1v) is 3.82. The number of hydrogen-bond acceptors (Lipinski definition) is 1. The van der Waals surface area contributed by atoms with Crippen LogP contribution in [0.15, 0.2) is 24.3 Å². The second kappa shape index (κ2) is 4.19. The van der Waals surface area contributed by atoms with Gasteiger partial charge in [-0.2, -0.15) is 0 Å². The maximum absolute atomic E-state index is 5.16. The van der Waals surface area contributed by atoms with Crippen LogP contribution in [0.1, 0.15) is 11.1 Å². The summed E-state index contributed by atoms with van der Waals surface area (Å²) in [6.07, 6.45) is 0.997. The van der Waals surface area contributed by atoms with Crippen molar-refractivity contribution < 1.29 is 0 Å². The Kier molecular flexibility index (Phi) is 3.18. The van der Waals surface area contributed by atoms with Crippen LogP contribution in [-0.2, 0) is 6.42 Å². The molecule has 0 aliphatic carbocycles. The van der Waals surface area contributed by atoms with Crippen LogP contribution in [-0.4, -0.2) is 14.5 Å². The third kappa shape index (κ3) is 2.77. The normalized spacial score (nSPS) is 9.91. The number of benzene rings is 1. The highest BCUT2D eigenvalue weighted by Crippen LogP contribution is 2.02. The predicted molar refractivity (Wildman–Crippen MR) is 48.6 cm³/mol. The van der Waals surface area contributed by atoms with E-state index in [4.69, 9.17) is 7.98 Å². The lowest BCUT2D eigenvalue weighted by molar-refractivity contribution is 0.897. The Morgan fingerprint density at radius 3 is 2.45 bits per heavy atom. The van der Waals surface area contributed by atoms with Gasteiger partial charge in [0.05, 0.1) is 0 Å². The molecular formula is C9H12BN. The molecule has 1 N–H and O–H groups in total. The smallest absolute Gasteiger partial charge is 0.177 e. The van der Waals surface area contributed by atoms with Gasteiger partial charge in [-0.25, -0.2) is 0 Å². The van der Waals surface area contributed by atoms with Gasteiger partial charge in [0.15, 0.2) is 7.98 Å². The van der Waals surface area contributed by atoms with E-state index in [1.165, 1.54) is 11.1 Å². The summed E-state index contributed by atoms with van der Waals surface area (Å²) in [4.78, 5) is 0. The van der Waals surface area contributed by atoms with Crippen LogP contribution in [0.2, 0.25) is 0 Å². The summed E-state index contributed by atoms with van der Waals surface area (Å²) in [7, 11) is 5.16. The largest absolute Gasteiger partial charge is 0.366 e. The van der Waals surface area contributed by atoms with Gasteiger partial charge in [0.1, 0.15) is 0 Å². The molecule has 0 aliphatic heterocycles. The first-order valence-electron chi connectivity index (χ1n) is 3.82. The molecule has 1 rings (SSSR count). The minimum absolute atomic E-state index is 0.836. The summed E-state index contributed by atoms with van der Waals surface area (Å²) >= 11 is 0. The molecule has 0 aromatic heterocycles. The van der Waals surface area contributed by atoms with Crippen LogP contribution in [0.4, 0.5) is 0 Å². The second-order valence-electron chi connectivity index (χ2n) is 2.69. The average Bonchev–Trinajstić information content (AvgIpc) is 2.04. The minimum Gasteiger partial charge on any atom is -0.366 e. The Hall–Kier alpha value is -0.755. The number of hydrogen-bond donors (Lipinski definition) is 1. The lowest BCUT2D eigenvalue weighted by atomic mass is 10.1. The zero-order valence-electron chi connectivity index (χ0n) is 6.80. The molecule has 0 spiro atoms.